The van der Waals surface area contributed by atoms with Crippen molar-refractivity contribution in [1.29, 1.82) is 0 Å². The molecule has 0 spiro atoms. The molecular formula is C29H26BrNO2. The summed E-state index contributed by atoms with van der Waals surface area (Å²) in [6, 6.07) is 26.0. The van der Waals surface area contributed by atoms with Crippen LogP contribution in [0.15, 0.2) is 78.9 Å². The van der Waals surface area contributed by atoms with Crippen molar-refractivity contribution in [2.45, 2.75) is 42.6 Å². The van der Waals surface area contributed by atoms with Gasteiger partial charge in [-0.05, 0) is 58.2 Å². The van der Waals surface area contributed by atoms with E-state index in [4.69, 9.17) is 4.74 Å². The predicted molar refractivity (Wildman–Crippen MR) is 135 cm³/mol. The number of benzene rings is 3. The highest BCUT2D eigenvalue weighted by Gasteiger charge is 2.41. The number of amides is 1. The van der Waals surface area contributed by atoms with Crippen molar-refractivity contribution >= 4 is 27.6 Å². The molecule has 2 atom stereocenters. The number of rotatable bonds is 4. The number of nitrogens with zero attached hydrogens (tertiary/aromatic N) is 1. The summed E-state index contributed by atoms with van der Waals surface area (Å²) in [4.78, 5) is 15.2. The van der Waals surface area contributed by atoms with Crippen LogP contribution >= 0.6 is 15.9 Å². The lowest BCUT2D eigenvalue weighted by Gasteiger charge is -2.33. The van der Waals surface area contributed by atoms with Gasteiger partial charge in [-0.3, -0.25) is 4.90 Å². The van der Waals surface area contributed by atoms with Gasteiger partial charge in [-0.25, -0.2) is 4.79 Å². The Hall–Kier alpha value is -2.85. The maximum Gasteiger partial charge on any atom is 0.410 e. The molecule has 6 rings (SSSR count). The van der Waals surface area contributed by atoms with E-state index in [-0.39, 0.29) is 24.1 Å². The Balaban J connectivity index is 1.20. The molecular weight excluding hydrogens is 474 g/mol. The van der Waals surface area contributed by atoms with Gasteiger partial charge in [0.1, 0.15) is 6.61 Å². The Labute approximate surface area is 203 Å². The lowest BCUT2D eigenvalue weighted by molar-refractivity contribution is 0.0866. The number of hydrogen-bond acceptors (Lipinski definition) is 2. The normalized spacial score (nSPS) is 20.9. The fourth-order valence-corrected chi connectivity index (χ4v) is 6.20. The number of halogens is 1. The maximum atomic E-state index is 13.3. The van der Waals surface area contributed by atoms with E-state index in [1.807, 2.05) is 4.90 Å². The molecule has 2 bridgehead atoms. The van der Waals surface area contributed by atoms with Gasteiger partial charge in [-0.1, -0.05) is 94.8 Å². The van der Waals surface area contributed by atoms with Gasteiger partial charge in [-0.15, -0.1) is 0 Å². The molecule has 33 heavy (non-hydrogen) atoms. The maximum absolute atomic E-state index is 13.3. The summed E-state index contributed by atoms with van der Waals surface area (Å²) in [6.45, 7) is 0.382. The Morgan fingerprint density at radius 2 is 1.67 bits per heavy atom. The van der Waals surface area contributed by atoms with Crippen LogP contribution in [0.4, 0.5) is 4.79 Å². The van der Waals surface area contributed by atoms with Crippen molar-refractivity contribution in [1.82, 2.24) is 4.90 Å². The van der Waals surface area contributed by atoms with E-state index in [2.05, 4.69) is 94.8 Å². The van der Waals surface area contributed by atoms with Gasteiger partial charge in [0.2, 0.25) is 0 Å². The lowest BCUT2D eigenvalue weighted by atomic mass is 9.94. The first kappa shape index (κ1) is 20.7. The predicted octanol–water partition coefficient (Wildman–Crippen LogP) is 7.15. The molecule has 1 saturated heterocycles. The fraction of sp³-hybridized carbons (Fsp3) is 0.276. The SMILES string of the molecule is O=C(OCC1c2ccccc2-c2ccccc21)N1C2C=C(c3cccc(CBr)c3)CC1CC2. The van der Waals surface area contributed by atoms with Crippen LogP contribution in [0, 0.1) is 0 Å². The number of fused-ring (bicyclic) bond motifs is 5. The van der Waals surface area contributed by atoms with Crippen LogP contribution in [0.3, 0.4) is 0 Å². The standard InChI is InChI=1S/C29H26BrNO2/c30-17-19-6-5-7-20(14-19)21-15-22-12-13-23(16-21)31(22)29(32)33-18-28-26-10-3-1-8-24(26)25-9-2-4-11-27(25)28/h1-11,14-15,22-23,28H,12-13,16-18H2. The highest BCUT2D eigenvalue weighted by Crippen LogP contribution is 2.45. The van der Waals surface area contributed by atoms with Crippen molar-refractivity contribution in [3.8, 4) is 11.1 Å². The lowest BCUT2D eigenvalue weighted by Crippen LogP contribution is -2.43. The molecule has 1 amide bonds. The first-order valence-corrected chi connectivity index (χ1v) is 12.8. The smallest absolute Gasteiger partial charge is 0.410 e. The quantitative estimate of drug-likeness (QED) is 0.356. The van der Waals surface area contributed by atoms with Crippen molar-refractivity contribution in [3.05, 3.63) is 101 Å². The Kier molecular flexibility index (Phi) is 5.34. The number of carbonyl (C=O) groups is 1. The molecule has 3 aromatic rings. The summed E-state index contributed by atoms with van der Waals surface area (Å²) in [7, 11) is 0. The Morgan fingerprint density at radius 3 is 2.36 bits per heavy atom. The molecule has 0 radical (unpaired) electrons. The topological polar surface area (TPSA) is 29.5 Å². The summed E-state index contributed by atoms with van der Waals surface area (Å²) in [5, 5.41) is 0.854. The second kappa shape index (κ2) is 8.49. The number of alkyl halides is 1. The summed E-state index contributed by atoms with van der Waals surface area (Å²) >= 11 is 3.56. The van der Waals surface area contributed by atoms with Crippen LogP contribution in [0.1, 0.15) is 47.4 Å². The van der Waals surface area contributed by atoms with Gasteiger partial charge in [0.25, 0.3) is 0 Å². The van der Waals surface area contributed by atoms with Crippen LogP contribution in [0.25, 0.3) is 16.7 Å². The van der Waals surface area contributed by atoms with Crippen LogP contribution in [0.2, 0.25) is 0 Å². The van der Waals surface area contributed by atoms with Crippen LogP contribution in [-0.2, 0) is 10.1 Å². The minimum absolute atomic E-state index is 0.0990. The largest absolute Gasteiger partial charge is 0.448 e. The minimum Gasteiger partial charge on any atom is -0.448 e. The second-order valence-electron chi connectivity index (χ2n) is 9.24. The number of hydrogen-bond donors (Lipinski definition) is 0. The van der Waals surface area contributed by atoms with Crippen LogP contribution in [-0.4, -0.2) is 29.7 Å². The Bertz CT molecular complexity index is 1200. The third kappa shape index (κ3) is 3.61. The average Bonchev–Trinajstić information content (AvgIpc) is 3.33. The highest BCUT2D eigenvalue weighted by atomic mass is 79.9. The Morgan fingerprint density at radius 1 is 0.939 bits per heavy atom. The molecule has 0 saturated carbocycles. The van der Waals surface area contributed by atoms with E-state index in [0.29, 0.717) is 6.61 Å². The van der Waals surface area contributed by atoms with E-state index in [1.165, 1.54) is 39.0 Å². The molecule has 3 aliphatic rings. The second-order valence-corrected chi connectivity index (χ2v) is 9.80. The van der Waals surface area contributed by atoms with Gasteiger partial charge in [0.05, 0.1) is 6.04 Å². The van der Waals surface area contributed by atoms with Crippen molar-refractivity contribution in [3.63, 3.8) is 0 Å². The van der Waals surface area contributed by atoms with Gasteiger partial charge in [0, 0.05) is 17.3 Å². The molecule has 2 unspecified atom stereocenters. The molecule has 2 heterocycles. The zero-order valence-electron chi connectivity index (χ0n) is 18.4. The van der Waals surface area contributed by atoms with E-state index in [1.54, 1.807) is 0 Å². The number of carbonyl (C=O) groups excluding carboxylic acids is 1. The van der Waals surface area contributed by atoms with Crippen LogP contribution < -0.4 is 0 Å². The minimum atomic E-state index is -0.172. The van der Waals surface area contributed by atoms with Gasteiger partial charge >= 0.3 is 6.09 Å². The summed E-state index contributed by atoms with van der Waals surface area (Å²) < 4.78 is 5.99. The third-order valence-electron chi connectivity index (χ3n) is 7.39. The molecule has 166 valence electrons. The van der Waals surface area contributed by atoms with Crippen molar-refractivity contribution in [2.75, 3.05) is 6.61 Å². The van der Waals surface area contributed by atoms with Gasteiger partial charge in [0.15, 0.2) is 0 Å². The average molecular weight is 500 g/mol. The molecule has 2 aliphatic heterocycles. The van der Waals surface area contributed by atoms with E-state index >= 15 is 0 Å². The molecule has 1 fully saturated rings. The van der Waals surface area contributed by atoms with Crippen LogP contribution in [0.5, 0.6) is 0 Å². The van der Waals surface area contributed by atoms with Gasteiger partial charge < -0.3 is 4.74 Å². The first-order valence-electron chi connectivity index (χ1n) is 11.7. The third-order valence-corrected chi connectivity index (χ3v) is 8.04. The zero-order chi connectivity index (χ0) is 22.4. The highest BCUT2D eigenvalue weighted by molar-refractivity contribution is 9.08. The van der Waals surface area contributed by atoms with Crippen molar-refractivity contribution < 1.29 is 9.53 Å². The fourth-order valence-electron chi connectivity index (χ4n) is 5.85. The zero-order valence-corrected chi connectivity index (χ0v) is 20.0. The summed E-state index contributed by atoms with van der Waals surface area (Å²) in [5.41, 5.74) is 8.92. The molecule has 1 aliphatic carbocycles. The molecule has 4 heteroatoms. The molecule has 0 N–H and O–H groups in total. The first-order chi connectivity index (χ1) is 16.2. The molecule has 0 aromatic heterocycles. The molecule has 3 nitrogen and oxygen atoms in total. The number of ether oxygens (including phenoxy) is 1. The van der Waals surface area contributed by atoms with Gasteiger partial charge in [-0.2, -0.15) is 0 Å². The summed E-state index contributed by atoms with van der Waals surface area (Å²) in [6.07, 6.45) is 5.06. The van der Waals surface area contributed by atoms with E-state index < -0.39 is 0 Å². The van der Waals surface area contributed by atoms with E-state index in [0.717, 1.165) is 24.6 Å². The summed E-state index contributed by atoms with van der Waals surface area (Å²) in [5.74, 6) is 0.0990. The van der Waals surface area contributed by atoms with E-state index in [9.17, 15) is 4.79 Å². The monoisotopic (exact) mass is 499 g/mol. The van der Waals surface area contributed by atoms with Crippen molar-refractivity contribution in [2.24, 2.45) is 0 Å². The molecule has 3 aromatic carbocycles.